The van der Waals surface area contributed by atoms with Crippen molar-refractivity contribution in [3.8, 4) is 0 Å². The Hall–Kier alpha value is -1.65. The largest absolute Gasteiger partial charge is 0.323 e. The van der Waals surface area contributed by atoms with Gasteiger partial charge in [0.15, 0.2) is 0 Å². The summed E-state index contributed by atoms with van der Waals surface area (Å²) in [6, 6.07) is 17.1. The van der Waals surface area contributed by atoms with E-state index in [0.717, 1.165) is 23.5 Å². The molecule has 0 bridgehead atoms. The van der Waals surface area contributed by atoms with E-state index >= 15 is 0 Å². The molecular weight excluding hydrogens is 304 g/mol. The smallest absolute Gasteiger partial charge is 0.308 e. The van der Waals surface area contributed by atoms with Crippen LogP contribution >= 0.6 is 23.4 Å². The Kier molecular flexibility index (Phi) is 4.36. The Morgan fingerprint density at radius 2 is 2.00 bits per heavy atom. The van der Waals surface area contributed by atoms with Gasteiger partial charge in [-0.15, -0.1) is 11.8 Å². The van der Waals surface area contributed by atoms with Crippen LogP contribution in [0.5, 0.6) is 0 Å². The number of nitrogens with zero attached hydrogens (tertiary/aromatic N) is 1. The number of hydrogen-bond donors (Lipinski definition) is 1. The van der Waals surface area contributed by atoms with E-state index in [9.17, 15) is 4.79 Å². The van der Waals surface area contributed by atoms with Crippen molar-refractivity contribution in [2.45, 2.75) is 5.37 Å². The number of carbonyl (C=O) groups excluding carboxylic acids is 1. The normalized spacial score (nSPS) is 17.8. The molecule has 2 aromatic carbocycles. The van der Waals surface area contributed by atoms with E-state index < -0.39 is 0 Å². The third kappa shape index (κ3) is 3.34. The van der Waals surface area contributed by atoms with Gasteiger partial charge in [-0.2, -0.15) is 0 Å². The Labute approximate surface area is 133 Å². The number of benzene rings is 2. The zero-order chi connectivity index (χ0) is 14.7. The summed E-state index contributed by atoms with van der Waals surface area (Å²) in [4.78, 5) is 14.3. The van der Waals surface area contributed by atoms with Crippen LogP contribution in [0.2, 0.25) is 5.02 Å². The van der Waals surface area contributed by atoms with Crippen molar-refractivity contribution in [1.29, 1.82) is 0 Å². The van der Waals surface area contributed by atoms with Gasteiger partial charge in [0.05, 0.1) is 0 Å². The molecule has 3 nitrogen and oxygen atoms in total. The van der Waals surface area contributed by atoms with E-state index in [1.807, 2.05) is 59.5 Å². The summed E-state index contributed by atoms with van der Waals surface area (Å²) >= 11 is 7.81. The van der Waals surface area contributed by atoms with Crippen molar-refractivity contribution in [3.63, 3.8) is 0 Å². The van der Waals surface area contributed by atoms with Gasteiger partial charge in [0.25, 0.3) is 0 Å². The van der Waals surface area contributed by atoms with Crippen molar-refractivity contribution in [2.75, 3.05) is 17.6 Å². The fourth-order valence-electron chi connectivity index (χ4n) is 2.33. The van der Waals surface area contributed by atoms with Gasteiger partial charge in [0.2, 0.25) is 0 Å². The molecule has 1 fully saturated rings. The number of para-hydroxylation sites is 1. The number of halogens is 1. The number of hydrogen-bond acceptors (Lipinski definition) is 2. The van der Waals surface area contributed by atoms with Crippen LogP contribution in [0.1, 0.15) is 10.9 Å². The molecule has 0 spiro atoms. The number of urea groups is 1. The van der Waals surface area contributed by atoms with Crippen LogP contribution in [0, 0.1) is 0 Å². The first-order chi connectivity index (χ1) is 10.2. The summed E-state index contributed by atoms with van der Waals surface area (Å²) in [5.74, 6) is 0.930. The fraction of sp³-hybridized carbons (Fsp3) is 0.188. The topological polar surface area (TPSA) is 32.3 Å². The molecule has 2 aromatic rings. The first-order valence-electron chi connectivity index (χ1n) is 6.74. The molecule has 1 aliphatic heterocycles. The molecule has 1 N–H and O–H groups in total. The first-order valence-corrected chi connectivity index (χ1v) is 8.16. The molecule has 108 valence electrons. The maximum atomic E-state index is 12.5. The highest BCUT2D eigenvalue weighted by Gasteiger charge is 2.30. The molecule has 0 saturated carbocycles. The standard InChI is InChI=1S/C16H15ClN2OS/c17-13-6-4-5-12(11-13)15-19(9-10-21-15)16(20)18-14-7-2-1-3-8-14/h1-8,11,15H,9-10H2,(H,18,20)/t15-/m1/s1. The van der Waals surface area contributed by atoms with Crippen LogP contribution in [0.15, 0.2) is 54.6 Å². The maximum Gasteiger partial charge on any atom is 0.323 e. The summed E-state index contributed by atoms with van der Waals surface area (Å²) in [6.45, 7) is 0.737. The van der Waals surface area contributed by atoms with Crippen LogP contribution in [-0.2, 0) is 0 Å². The molecule has 0 unspecified atom stereocenters. The SMILES string of the molecule is O=C(Nc1ccccc1)N1CCS[C@@H]1c1cccc(Cl)c1. The zero-order valence-electron chi connectivity index (χ0n) is 11.3. The average molecular weight is 319 g/mol. The second kappa shape index (κ2) is 6.41. The summed E-state index contributed by atoms with van der Waals surface area (Å²) < 4.78 is 0. The Bertz CT molecular complexity index is 635. The van der Waals surface area contributed by atoms with Crippen molar-refractivity contribution in [2.24, 2.45) is 0 Å². The molecule has 1 heterocycles. The number of rotatable bonds is 2. The predicted molar refractivity (Wildman–Crippen MR) is 88.8 cm³/mol. The van der Waals surface area contributed by atoms with Gasteiger partial charge in [-0.25, -0.2) is 4.79 Å². The molecule has 1 aliphatic rings. The third-order valence-corrected chi connectivity index (χ3v) is 4.81. The van der Waals surface area contributed by atoms with Gasteiger partial charge in [-0.1, -0.05) is 41.9 Å². The lowest BCUT2D eigenvalue weighted by atomic mass is 10.2. The highest BCUT2D eigenvalue weighted by molar-refractivity contribution is 7.99. The number of amides is 2. The van der Waals surface area contributed by atoms with E-state index in [2.05, 4.69) is 5.32 Å². The summed E-state index contributed by atoms with van der Waals surface area (Å²) in [5.41, 5.74) is 1.87. The minimum absolute atomic E-state index is 0.0208. The van der Waals surface area contributed by atoms with Crippen LogP contribution in [0.25, 0.3) is 0 Å². The maximum absolute atomic E-state index is 12.5. The van der Waals surface area contributed by atoms with E-state index in [1.54, 1.807) is 11.8 Å². The summed E-state index contributed by atoms with van der Waals surface area (Å²) in [7, 11) is 0. The van der Waals surface area contributed by atoms with Gasteiger partial charge >= 0.3 is 6.03 Å². The number of nitrogens with one attached hydrogen (secondary N) is 1. The summed E-state index contributed by atoms with van der Waals surface area (Å²) in [5, 5.41) is 3.66. The van der Waals surface area contributed by atoms with E-state index in [1.165, 1.54) is 0 Å². The quantitative estimate of drug-likeness (QED) is 0.876. The van der Waals surface area contributed by atoms with Gasteiger partial charge in [0, 0.05) is 23.0 Å². The molecule has 1 saturated heterocycles. The van der Waals surface area contributed by atoms with Gasteiger partial charge < -0.3 is 10.2 Å². The molecule has 0 radical (unpaired) electrons. The predicted octanol–water partition coefficient (Wildman–Crippen LogP) is 4.62. The molecule has 0 aliphatic carbocycles. The second-order valence-corrected chi connectivity index (χ2v) is 6.39. The molecule has 21 heavy (non-hydrogen) atoms. The fourth-order valence-corrected chi connectivity index (χ4v) is 3.78. The molecule has 5 heteroatoms. The van der Waals surface area contributed by atoms with Crippen LogP contribution < -0.4 is 5.32 Å². The van der Waals surface area contributed by atoms with Crippen molar-refractivity contribution < 1.29 is 4.79 Å². The third-order valence-electron chi connectivity index (χ3n) is 3.31. The number of carbonyl (C=O) groups is 1. The monoisotopic (exact) mass is 318 g/mol. The van der Waals surface area contributed by atoms with Crippen LogP contribution in [-0.4, -0.2) is 23.2 Å². The van der Waals surface area contributed by atoms with Crippen molar-refractivity contribution >= 4 is 35.1 Å². The lowest BCUT2D eigenvalue weighted by molar-refractivity contribution is 0.214. The first kappa shape index (κ1) is 14.3. The van der Waals surface area contributed by atoms with Gasteiger partial charge in [-0.05, 0) is 29.8 Å². The molecular formula is C16H15ClN2OS. The highest BCUT2D eigenvalue weighted by atomic mass is 35.5. The summed E-state index contributed by atoms with van der Waals surface area (Å²) in [6.07, 6.45) is 0. The Morgan fingerprint density at radius 1 is 1.19 bits per heavy atom. The van der Waals surface area contributed by atoms with E-state index in [0.29, 0.717) is 5.02 Å². The van der Waals surface area contributed by atoms with E-state index in [-0.39, 0.29) is 11.4 Å². The molecule has 1 atom stereocenters. The lowest BCUT2D eigenvalue weighted by Gasteiger charge is -2.24. The number of anilines is 1. The zero-order valence-corrected chi connectivity index (χ0v) is 12.9. The Morgan fingerprint density at radius 3 is 2.76 bits per heavy atom. The highest BCUT2D eigenvalue weighted by Crippen LogP contribution is 2.38. The minimum Gasteiger partial charge on any atom is -0.308 e. The molecule has 0 aromatic heterocycles. The molecule has 2 amide bonds. The van der Waals surface area contributed by atoms with Crippen molar-refractivity contribution in [3.05, 3.63) is 65.2 Å². The van der Waals surface area contributed by atoms with E-state index in [4.69, 9.17) is 11.6 Å². The average Bonchev–Trinajstić information content (AvgIpc) is 2.98. The second-order valence-electron chi connectivity index (χ2n) is 4.77. The number of thioether (sulfide) groups is 1. The van der Waals surface area contributed by atoms with Crippen molar-refractivity contribution in [1.82, 2.24) is 4.90 Å². The van der Waals surface area contributed by atoms with Crippen LogP contribution in [0.3, 0.4) is 0 Å². The van der Waals surface area contributed by atoms with Gasteiger partial charge in [0.1, 0.15) is 5.37 Å². The lowest BCUT2D eigenvalue weighted by Crippen LogP contribution is -2.34. The van der Waals surface area contributed by atoms with Crippen LogP contribution in [0.4, 0.5) is 10.5 Å². The Balaban J connectivity index is 1.76. The molecule has 3 rings (SSSR count). The van der Waals surface area contributed by atoms with Gasteiger partial charge in [-0.3, -0.25) is 0 Å². The minimum atomic E-state index is -0.0730.